The molecule has 0 aromatic carbocycles. The van der Waals surface area contributed by atoms with E-state index in [-0.39, 0.29) is 28.5 Å². The Hall–Kier alpha value is -2.67. The molecule has 0 bridgehead atoms. The third kappa shape index (κ3) is 3.74. The van der Waals surface area contributed by atoms with Gasteiger partial charge in [-0.05, 0) is 38.2 Å². The summed E-state index contributed by atoms with van der Waals surface area (Å²) in [5, 5.41) is 15.7. The number of anilines is 1. The Morgan fingerprint density at radius 1 is 1.37 bits per heavy atom. The van der Waals surface area contributed by atoms with Gasteiger partial charge in [-0.15, -0.1) is 11.8 Å². The van der Waals surface area contributed by atoms with Crippen molar-refractivity contribution in [2.24, 2.45) is 5.16 Å². The zero-order chi connectivity index (χ0) is 21.4. The van der Waals surface area contributed by atoms with E-state index in [0.29, 0.717) is 11.3 Å². The van der Waals surface area contributed by atoms with Crippen LogP contribution in [-0.2, 0) is 19.2 Å². The molecule has 3 heterocycles. The van der Waals surface area contributed by atoms with Crippen molar-refractivity contribution in [3.63, 3.8) is 0 Å². The van der Waals surface area contributed by atoms with Gasteiger partial charge in [0.2, 0.25) is 11.5 Å². The topological polar surface area (TPSA) is 160 Å². The SMILES string of the molecule is CC1=C(C(=O)O)N2C(=O)C(NC(=O)/C(=N/OC3CCCC3)c3nsc(N)n3)C2SC1. The smallest absolute Gasteiger partial charge is 0.352 e. The van der Waals surface area contributed by atoms with Crippen LogP contribution < -0.4 is 11.1 Å². The average Bonchev–Trinajstić information content (AvgIpc) is 3.37. The van der Waals surface area contributed by atoms with Crippen molar-refractivity contribution in [1.29, 1.82) is 0 Å². The standard InChI is InChI=1S/C17H20N6O5S2/c1-7-6-29-15-10(14(25)23(15)11(7)16(26)27)19-13(24)9(12-20-17(18)30-22-12)21-28-8-4-2-3-5-8/h8,10,15H,2-6H2,1H3,(H,19,24)(H,26,27)(H2,18,20,22)/b21-9+. The number of aromatic nitrogens is 2. The van der Waals surface area contributed by atoms with Gasteiger partial charge in [0.1, 0.15) is 23.2 Å². The first-order valence-corrected chi connectivity index (χ1v) is 11.2. The summed E-state index contributed by atoms with van der Waals surface area (Å²) in [6.07, 6.45) is 3.69. The molecule has 11 nitrogen and oxygen atoms in total. The van der Waals surface area contributed by atoms with Gasteiger partial charge in [0.15, 0.2) is 5.13 Å². The number of fused-ring (bicyclic) bond motifs is 1. The number of carbonyl (C=O) groups is 3. The van der Waals surface area contributed by atoms with Crippen LogP contribution in [0, 0.1) is 0 Å². The van der Waals surface area contributed by atoms with Crippen LogP contribution in [0.25, 0.3) is 0 Å². The molecule has 4 N–H and O–H groups in total. The molecule has 2 atom stereocenters. The van der Waals surface area contributed by atoms with Gasteiger partial charge in [-0.2, -0.15) is 9.36 Å². The van der Waals surface area contributed by atoms with E-state index >= 15 is 0 Å². The molecule has 2 amide bonds. The summed E-state index contributed by atoms with van der Waals surface area (Å²) in [5.74, 6) is -1.84. The third-order valence-electron chi connectivity index (χ3n) is 5.11. The number of oxime groups is 1. The fourth-order valence-corrected chi connectivity index (χ4v) is 5.35. The van der Waals surface area contributed by atoms with Crippen LogP contribution in [0.3, 0.4) is 0 Å². The summed E-state index contributed by atoms with van der Waals surface area (Å²) >= 11 is 2.31. The predicted octanol–water partition coefficient (Wildman–Crippen LogP) is 0.542. The van der Waals surface area contributed by atoms with Crippen molar-refractivity contribution in [2.75, 3.05) is 11.5 Å². The summed E-state index contributed by atoms with van der Waals surface area (Å²) in [4.78, 5) is 47.8. The van der Waals surface area contributed by atoms with E-state index in [9.17, 15) is 19.5 Å². The Morgan fingerprint density at radius 2 is 2.10 bits per heavy atom. The quantitative estimate of drug-likeness (QED) is 0.318. The van der Waals surface area contributed by atoms with E-state index in [1.54, 1.807) is 6.92 Å². The summed E-state index contributed by atoms with van der Waals surface area (Å²) in [7, 11) is 0. The van der Waals surface area contributed by atoms with Gasteiger partial charge in [-0.3, -0.25) is 14.5 Å². The number of carbonyl (C=O) groups excluding carboxylic acids is 2. The van der Waals surface area contributed by atoms with Crippen molar-refractivity contribution < 1.29 is 24.3 Å². The molecule has 1 saturated carbocycles. The number of rotatable bonds is 6. The van der Waals surface area contributed by atoms with Gasteiger partial charge in [0.05, 0.1) is 0 Å². The maximum absolute atomic E-state index is 12.9. The normalized spacial score (nSPS) is 24.5. The lowest BCUT2D eigenvalue weighted by atomic mass is 10.0. The molecule has 1 saturated heterocycles. The first kappa shape index (κ1) is 20.6. The number of nitrogens with one attached hydrogen (secondary N) is 1. The molecule has 2 unspecified atom stereocenters. The molecular formula is C17H20N6O5S2. The monoisotopic (exact) mass is 452 g/mol. The number of aliphatic carboxylic acids is 1. The lowest BCUT2D eigenvalue weighted by Gasteiger charge is -2.49. The molecule has 2 fully saturated rings. The molecule has 1 aromatic heterocycles. The molecule has 3 aliphatic rings. The predicted molar refractivity (Wildman–Crippen MR) is 110 cm³/mol. The number of nitrogens with zero attached hydrogens (tertiary/aromatic N) is 4. The highest BCUT2D eigenvalue weighted by Gasteiger charge is 2.54. The molecule has 1 aliphatic carbocycles. The largest absolute Gasteiger partial charge is 0.477 e. The minimum atomic E-state index is -1.16. The first-order chi connectivity index (χ1) is 14.4. The molecule has 0 radical (unpaired) electrons. The maximum Gasteiger partial charge on any atom is 0.352 e. The molecule has 160 valence electrons. The summed E-state index contributed by atoms with van der Waals surface area (Å²) in [6, 6.07) is -0.877. The van der Waals surface area contributed by atoms with E-state index in [1.165, 1.54) is 16.7 Å². The highest BCUT2D eigenvalue weighted by Crippen LogP contribution is 2.40. The van der Waals surface area contributed by atoms with Gasteiger partial charge in [-0.1, -0.05) is 5.16 Å². The molecule has 2 aliphatic heterocycles. The molecule has 30 heavy (non-hydrogen) atoms. The number of hydrogen-bond donors (Lipinski definition) is 3. The van der Waals surface area contributed by atoms with Crippen LogP contribution in [0.4, 0.5) is 5.13 Å². The minimum Gasteiger partial charge on any atom is -0.477 e. The first-order valence-electron chi connectivity index (χ1n) is 9.38. The van der Waals surface area contributed by atoms with Crippen molar-refractivity contribution in [3.8, 4) is 0 Å². The Kier molecular flexibility index (Phi) is 5.64. The molecule has 1 aromatic rings. The van der Waals surface area contributed by atoms with Crippen LogP contribution in [0.1, 0.15) is 38.4 Å². The second-order valence-corrected chi connectivity index (χ2v) is 9.09. The highest BCUT2D eigenvalue weighted by molar-refractivity contribution is 8.00. The van der Waals surface area contributed by atoms with Crippen molar-refractivity contribution in [2.45, 2.75) is 50.1 Å². The Balaban J connectivity index is 1.51. The number of thioether (sulfide) groups is 1. The lowest BCUT2D eigenvalue weighted by molar-refractivity contribution is -0.150. The van der Waals surface area contributed by atoms with Crippen LogP contribution in [0.2, 0.25) is 0 Å². The lowest BCUT2D eigenvalue weighted by Crippen LogP contribution is -2.71. The van der Waals surface area contributed by atoms with Gasteiger partial charge in [-0.25, -0.2) is 4.79 Å². The number of nitrogens with two attached hydrogens (primary N) is 1. The van der Waals surface area contributed by atoms with Crippen molar-refractivity contribution in [1.82, 2.24) is 19.6 Å². The van der Waals surface area contributed by atoms with Crippen LogP contribution in [0.15, 0.2) is 16.4 Å². The number of carboxylic acid groups (broad SMARTS) is 1. The summed E-state index contributed by atoms with van der Waals surface area (Å²) in [6.45, 7) is 1.68. The minimum absolute atomic E-state index is 0.0230. The van der Waals surface area contributed by atoms with E-state index < -0.39 is 29.2 Å². The molecular weight excluding hydrogens is 432 g/mol. The van der Waals surface area contributed by atoms with Crippen LogP contribution in [0.5, 0.6) is 0 Å². The maximum atomic E-state index is 12.9. The number of β-lactam (4-membered cyclic amide) rings is 1. The van der Waals surface area contributed by atoms with Crippen LogP contribution >= 0.6 is 23.3 Å². The van der Waals surface area contributed by atoms with Gasteiger partial charge in [0, 0.05) is 17.3 Å². The Bertz CT molecular complexity index is 954. The second kappa shape index (κ2) is 8.22. The van der Waals surface area contributed by atoms with E-state index in [1.807, 2.05) is 0 Å². The zero-order valence-corrected chi connectivity index (χ0v) is 17.7. The summed E-state index contributed by atoms with van der Waals surface area (Å²) in [5.41, 5.74) is 6.05. The zero-order valence-electron chi connectivity index (χ0n) is 16.0. The molecule has 13 heteroatoms. The fraction of sp³-hybridized carbons (Fsp3) is 0.529. The number of amides is 2. The Morgan fingerprint density at radius 3 is 2.73 bits per heavy atom. The van der Waals surface area contributed by atoms with Crippen LogP contribution in [-0.4, -0.2) is 66.1 Å². The van der Waals surface area contributed by atoms with Gasteiger partial charge in [0.25, 0.3) is 11.8 Å². The number of nitrogen functional groups attached to an aromatic ring is 1. The molecule has 0 spiro atoms. The van der Waals surface area contributed by atoms with Crippen molar-refractivity contribution in [3.05, 3.63) is 17.1 Å². The van der Waals surface area contributed by atoms with E-state index in [2.05, 4.69) is 19.8 Å². The second-order valence-electron chi connectivity index (χ2n) is 7.20. The number of hydrogen-bond acceptors (Lipinski definition) is 10. The third-order valence-corrected chi connectivity index (χ3v) is 7.08. The highest BCUT2D eigenvalue weighted by atomic mass is 32.2. The fourth-order valence-electron chi connectivity index (χ4n) is 3.62. The Labute approximate surface area is 179 Å². The summed E-state index contributed by atoms with van der Waals surface area (Å²) < 4.78 is 4.03. The van der Waals surface area contributed by atoms with E-state index in [4.69, 9.17) is 10.6 Å². The van der Waals surface area contributed by atoms with E-state index in [0.717, 1.165) is 37.2 Å². The average molecular weight is 453 g/mol. The molecule has 4 rings (SSSR count). The van der Waals surface area contributed by atoms with Gasteiger partial charge >= 0.3 is 5.97 Å². The van der Waals surface area contributed by atoms with Gasteiger partial charge < -0.3 is 21.0 Å². The number of carboxylic acids is 1. The van der Waals surface area contributed by atoms with Crippen molar-refractivity contribution >= 4 is 51.9 Å².